The molecule has 5 rings (SSSR count). The Morgan fingerprint density at radius 1 is 1.06 bits per heavy atom. The van der Waals surface area contributed by atoms with Gasteiger partial charge in [0.05, 0.1) is 6.42 Å². The lowest BCUT2D eigenvalue weighted by Gasteiger charge is -2.34. The Bertz CT molecular complexity index is 1020. The van der Waals surface area contributed by atoms with Gasteiger partial charge in [0.2, 0.25) is 11.8 Å². The number of anilines is 1. The summed E-state index contributed by atoms with van der Waals surface area (Å²) in [5.41, 5.74) is 3.17. The molecular formula is C27H34N4O2. The number of nitrogens with zero attached hydrogens (tertiary/aromatic N) is 4. The zero-order valence-corrected chi connectivity index (χ0v) is 19.6. The van der Waals surface area contributed by atoms with Crippen LogP contribution in [0.3, 0.4) is 0 Å². The minimum Gasteiger partial charge on any atom is -0.342 e. The van der Waals surface area contributed by atoms with Crippen molar-refractivity contribution >= 4 is 17.6 Å². The van der Waals surface area contributed by atoms with Crippen LogP contribution in [0.5, 0.6) is 0 Å². The van der Waals surface area contributed by atoms with Gasteiger partial charge in [-0.05, 0) is 51.0 Å². The summed E-state index contributed by atoms with van der Waals surface area (Å²) in [6.45, 7) is 4.22. The maximum atomic E-state index is 13.0. The smallest absolute Gasteiger partial charge is 0.232 e. The number of hydrogen-bond acceptors (Lipinski definition) is 4. The summed E-state index contributed by atoms with van der Waals surface area (Å²) in [5, 5.41) is 0. The number of rotatable bonds is 6. The molecule has 1 aromatic carbocycles. The van der Waals surface area contributed by atoms with Gasteiger partial charge in [-0.2, -0.15) is 0 Å². The minimum absolute atomic E-state index is 0.120. The van der Waals surface area contributed by atoms with E-state index in [2.05, 4.69) is 29.2 Å². The van der Waals surface area contributed by atoms with Crippen LogP contribution in [0.25, 0.3) is 0 Å². The van der Waals surface area contributed by atoms with E-state index < -0.39 is 0 Å². The van der Waals surface area contributed by atoms with Crippen LogP contribution in [0, 0.1) is 12.8 Å². The van der Waals surface area contributed by atoms with Gasteiger partial charge in [-0.15, -0.1) is 0 Å². The van der Waals surface area contributed by atoms with Gasteiger partial charge < -0.3 is 4.90 Å². The number of hydrogen-bond donors (Lipinski definition) is 0. The van der Waals surface area contributed by atoms with Crippen LogP contribution in [0.1, 0.15) is 73.5 Å². The first-order valence-corrected chi connectivity index (χ1v) is 12.6. The summed E-state index contributed by atoms with van der Waals surface area (Å²) in [6.07, 6.45) is 8.64. The first-order chi connectivity index (χ1) is 16.1. The van der Waals surface area contributed by atoms with Gasteiger partial charge in [0.25, 0.3) is 0 Å². The van der Waals surface area contributed by atoms with Gasteiger partial charge in [-0.25, -0.2) is 9.97 Å². The van der Waals surface area contributed by atoms with Crippen LogP contribution in [0.15, 0.2) is 30.3 Å². The van der Waals surface area contributed by atoms with E-state index in [1.807, 2.05) is 17.9 Å². The van der Waals surface area contributed by atoms with E-state index in [0.717, 1.165) is 68.0 Å². The fraction of sp³-hybridized carbons (Fsp3) is 0.556. The Morgan fingerprint density at radius 3 is 2.64 bits per heavy atom. The van der Waals surface area contributed by atoms with Gasteiger partial charge in [0.1, 0.15) is 11.6 Å². The molecule has 2 aromatic rings. The third-order valence-electron chi connectivity index (χ3n) is 7.59. The lowest BCUT2D eigenvalue weighted by molar-refractivity contribution is -0.136. The Hall–Kier alpha value is -2.76. The number of carbonyl (C=O) groups excluding carboxylic acids is 2. The molecule has 6 heteroatoms. The average Bonchev–Trinajstić information content (AvgIpc) is 3.48. The van der Waals surface area contributed by atoms with Gasteiger partial charge in [-0.1, -0.05) is 43.2 Å². The molecule has 1 unspecified atom stereocenters. The number of carbonyl (C=O) groups is 2. The zero-order chi connectivity index (χ0) is 22.8. The van der Waals surface area contributed by atoms with E-state index in [1.54, 1.807) is 0 Å². The SMILES string of the molecule is Cc1nc(C2CCCN(C(=O)C3CCCC3)C2)nc2c1CC(=O)N2CCCc1ccccc1. The molecule has 2 amide bonds. The lowest BCUT2D eigenvalue weighted by Crippen LogP contribution is -2.42. The third kappa shape index (κ3) is 4.66. The fourth-order valence-corrected chi connectivity index (χ4v) is 5.72. The predicted octanol–water partition coefficient (Wildman–Crippen LogP) is 4.20. The normalized spacial score (nSPS) is 21.0. The molecule has 0 radical (unpaired) electrons. The van der Waals surface area contributed by atoms with Gasteiger partial charge in [0, 0.05) is 42.7 Å². The largest absolute Gasteiger partial charge is 0.342 e. The molecule has 1 aliphatic carbocycles. The highest BCUT2D eigenvalue weighted by Crippen LogP contribution is 2.34. The van der Waals surface area contributed by atoms with Crippen molar-refractivity contribution in [2.24, 2.45) is 5.92 Å². The molecular weight excluding hydrogens is 412 g/mol. The maximum Gasteiger partial charge on any atom is 0.232 e. The Balaban J connectivity index is 1.30. The number of fused-ring (bicyclic) bond motifs is 1. The van der Waals surface area contributed by atoms with Gasteiger partial charge in [0.15, 0.2) is 0 Å². The van der Waals surface area contributed by atoms with Crippen molar-refractivity contribution in [3.8, 4) is 0 Å². The van der Waals surface area contributed by atoms with Crippen molar-refractivity contribution in [2.75, 3.05) is 24.5 Å². The second-order valence-corrected chi connectivity index (χ2v) is 9.89. The molecule has 6 nitrogen and oxygen atoms in total. The van der Waals surface area contributed by atoms with Crippen LogP contribution in [0.4, 0.5) is 5.82 Å². The number of aryl methyl sites for hydroxylation is 2. The third-order valence-corrected chi connectivity index (χ3v) is 7.59. The molecule has 2 fully saturated rings. The molecule has 1 saturated heterocycles. The lowest BCUT2D eigenvalue weighted by atomic mass is 9.95. The molecule has 1 saturated carbocycles. The predicted molar refractivity (Wildman–Crippen MR) is 128 cm³/mol. The second kappa shape index (κ2) is 9.62. The van der Waals surface area contributed by atoms with Crippen molar-refractivity contribution in [1.29, 1.82) is 0 Å². The highest BCUT2D eigenvalue weighted by Gasteiger charge is 2.35. The number of piperidine rings is 1. The summed E-state index contributed by atoms with van der Waals surface area (Å²) in [4.78, 5) is 39.5. The standard InChI is InChI=1S/C27H34N4O2/c1-19-23-17-24(32)31(16-7-11-20-9-3-2-4-10-20)26(23)29-25(28-19)22-14-8-15-30(18-22)27(33)21-12-5-6-13-21/h2-4,9-10,21-22H,5-8,11-18H2,1H3. The molecule has 1 atom stereocenters. The van der Waals surface area contributed by atoms with Gasteiger partial charge >= 0.3 is 0 Å². The van der Waals surface area contributed by atoms with E-state index in [1.165, 1.54) is 18.4 Å². The fourth-order valence-electron chi connectivity index (χ4n) is 5.72. The topological polar surface area (TPSA) is 66.4 Å². The van der Waals surface area contributed by atoms with E-state index >= 15 is 0 Å². The van der Waals surface area contributed by atoms with E-state index in [-0.39, 0.29) is 17.7 Å². The Kier molecular flexibility index (Phi) is 6.43. The molecule has 2 aliphatic heterocycles. The Labute approximate surface area is 196 Å². The van der Waals surface area contributed by atoms with E-state index in [4.69, 9.17) is 9.97 Å². The molecule has 0 N–H and O–H groups in total. The first-order valence-electron chi connectivity index (χ1n) is 12.6. The zero-order valence-electron chi connectivity index (χ0n) is 19.6. The molecule has 3 heterocycles. The summed E-state index contributed by atoms with van der Waals surface area (Å²) in [6, 6.07) is 10.4. The first kappa shape index (κ1) is 22.1. The van der Waals surface area contributed by atoms with Crippen LogP contribution >= 0.6 is 0 Å². The molecule has 0 bridgehead atoms. The van der Waals surface area contributed by atoms with E-state index in [0.29, 0.717) is 25.4 Å². The quantitative estimate of drug-likeness (QED) is 0.667. The van der Waals surface area contributed by atoms with Crippen LogP contribution in [-0.2, 0) is 22.4 Å². The van der Waals surface area contributed by atoms with Crippen molar-refractivity contribution in [2.45, 2.75) is 70.6 Å². The van der Waals surface area contributed by atoms with Crippen LogP contribution in [0.2, 0.25) is 0 Å². The number of amides is 2. The second-order valence-electron chi connectivity index (χ2n) is 9.89. The van der Waals surface area contributed by atoms with Crippen molar-refractivity contribution < 1.29 is 9.59 Å². The summed E-state index contributed by atoms with van der Waals surface area (Å²) in [5.74, 6) is 2.41. The average molecular weight is 447 g/mol. The minimum atomic E-state index is 0.120. The summed E-state index contributed by atoms with van der Waals surface area (Å²) < 4.78 is 0. The van der Waals surface area contributed by atoms with Crippen LogP contribution < -0.4 is 4.90 Å². The molecule has 3 aliphatic rings. The number of aromatic nitrogens is 2. The molecule has 1 aromatic heterocycles. The molecule has 174 valence electrons. The van der Waals surface area contributed by atoms with Gasteiger partial charge in [-0.3, -0.25) is 14.5 Å². The molecule has 0 spiro atoms. The number of benzene rings is 1. The van der Waals surface area contributed by atoms with Crippen molar-refractivity contribution in [3.05, 3.63) is 53.0 Å². The van der Waals surface area contributed by atoms with Crippen molar-refractivity contribution in [1.82, 2.24) is 14.9 Å². The monoisotopic (exact) mass is 446 g/mol. The number of likely N-dealkylation sites (tertiary alicyclic amines) is 1. The maximum absolute atomic E-state index is 13.0. The highest BCUT2D eigenvalue weighted by molar-refractivity contribution is 6.00. The van der Waals surface area contributed by atoms with Crippen molar-refractivity contribution in [3.63, 3.8) is 0 Å². The Morgan fingerprint density at radius 2 is 1.85 bits per heavy atom. The summed E-state index contributed by atoms with van der Waals surface area (Å²) in [7, 11) is 0. The molecule has 33 heavy (non-hydrogen) atoms. The summed E-state index contributed by atoms with van der Waals surface area (Å²) >= 11 is 0. The van der Waals surface area contributed by atoms with E-state index in [9.17, 15) is 9.59 Å². The van der Waals surface area contributed by atoms with Crippen LogP contribution in [-0.4, -0.2) is 46.3 Å². The highest BCUT2D eigenvalue weighted by atomic mass is 16.2.